The van der Waals surface area contributed by atoms with Crippen LogP contribution in [0.2, 0.25) is 5.02 Å². The SMILES string of the molecule is CCOC(=O)CCN1CCN(c2cnc(C(=O)Nc3nc(-c4cc(Cl)cs4)c(CN4CCC[C@H]4C)s3)cn2)C[C@@H]1C. The third kappa shape index (κ3) is 7.42. The van der Waals surface area contributed by atoms with Crippen molar-refractivity contribution in [1.82, 2.24) is 24.8 Å². The fraction of sp³-hybridized carbons (Fsp3) is 0.536. The van der Waals surface area contributed by atoms with E-state index in [0.29, 0.717) is 35.8 Å². The molecule has 10 nitrogen and oxygen atoms in total. The molecule has 2 atom stereocenters. The zero-order valence-corrected chi connectivity index (χ0v) is 26.0. The van der Waals surface area contributed by atoms with Crippen LogP contribution in [0.25, 0.3) is 10.6 Å². The summed E-state index contributed by atoms with van der Waals surface area (Å²) < 4.78 is 5.05. The van der Waals surface area contributed by atoms with Crippen molar-refractivity contribution in [3.63, 3.8) is 0 Å². The van der Waals surface area contributed by atoms with Gasteiger partial charge in [-0.3, -0.25) is 24.7 Å². The van der Waals surface area contributed by atoms with Gasteiger partial charge in [-0.05, 0) is 46.2 Å². The summed E-state index contributed by atoms with van der Waals surface area (Å²) in [7, 11) is 0. The van der Waals surface area contributed by atoms with Crippen molar-refractivity contribution >= 4 is 57.1 Å². The van der Waals surface area contributed by atoms with Gasteiger partial charge < -0.3 is 9.64 Å². The van der Waals surface area contributed by atoms with Gasteiger partial charge in [0.1, 0.15) is 11.5 Å². The lowest BCUT2D eigenvalue weighted by Crippen LogP contribution is -2.52. The lowest BCUT2D eigenvalue weighted by Gasteiger charge is -2.40. The number of thiazole rings is 1. The number of esters is 1. The molecule has 2 aliphatic heterocycles. The topological polar surface area (TPSA) is 104 Å². The van der Waals surface area contributed by atoms with E-state index in [0.717, 1.165) is 54.0 Å². The first-order chi connectivity index (χ1) is 19.8. The van der Waals surface area contributed by atoms with E-state index >= 15 is 0 Å². The van der Waals surface area contributed by atoms with E-state index in [4.69, 9.17) is 21.3 Å². The molecule has 2 aliphatic rings. The molecule has 5 heterocycles. The van der Waals surface area contributed by atoms with E-state index < -0.39 is 0 Å². The Balaban J connectivity index is 1.21. The maximum atomic E-state index is 13.1. The van der Waals surface area contributed by atoms with Crippen LogP contribution >= 0.6 is 34.3 Å². The second-order valence-electron chi connectivity index (χ2n) is 10.5. The molecule has 2 fully saturated rings. The van der Waals surface area contributed by atoms with Crippen molar-refractivity contribution in [2.75, 3.05) is 49.5 Å². The van der Waals surface area contributed by atoms with E-state index in [9.17, 15) is 9.59 Å². The number of nitrogens with one attached hydrogen (secondary N) is 1. The summed E-state index contributed by atoms with van der Waals surface area (Å²) >= 11 is 9.27. The van der Waals surface area contributed by atoms with Gasteiger partial charge in [0.15, 0.2) is 5.13 Å². The smallest absolute Gasteiger partial charge is 0.307 e. The summed E-state index contributed by atoms with van der Waals surface area (Å²) in [5.41, 5.74) is 1.11. The minimum atomic E-state index is -0.341. The molecular formula is C28H36ClN7O3S2. The molecule has 1 amide bonds. The molecule has 0 aromatic carbocycles. The number of aromatic nitrogens is 3. The number of carbonyl (C=O) groups excluding carboxylic acids is 2. The Morgan fingerprint density at radius 2 is 2.00 bits per heavy atom. The maximum absolute atomic E-state index is 13.1. The number of carbonyl (C=O) groups is 2. The number of rotatable bonds is 10. The number of piperazine rings is 1. The van der Waals surface area contributed by atoms with Crippen LogP contribution in [0.15, 0.2) is 23.8 Å². The zero-order chi connectivity index (χ0) is 28.9. The molecular weight excluding hydrogens is 582 g/mol. The van der Waals surface area contributed by atoms with E-state index in [1.807, 2.05) is 18.4 Å². The van der Waals surface area contributed by atoms with Crippen LogP contribution < -0.4 is 10.2 Å². The number of halogens is 1. The number of anilines is 2. The third-order valence-electron chi connectivity index (χ3n) is 7.62. The predicted molar refractivity (Wildman–Crippen MR) is 164 cm³/mol. The van der Waals surface area contributed by atoms with Crippen molar-refractivity contribution in [3.05, 3.63) is 39.4 Å². The van der Waals surface area contributed by atoms with Crippen LogP contribution in [0.4, 0.5) is 10.9 Å². The van der Waals surface area contributed by atoms with Gasteiger partial charge in [-0.2, -0.15) is 0 Å². The summed E-state index contributed by atoms with van der Waals surface area (Å²) in [5, 5.41) is 6.06. The van der Waals surface area contributed by atoms with E-state index in [1.165, 1.54) is 30.4 Å². The summed E-state index contributed by atoms with van der Waals surface area (Å²) in [6.45, 7) is 11.5. The van der Waals surface area contributed by atoms with Gasteiger partial charge in [0.05, 0.1) is 41.0 Å². The van der Waals surface area contributed by atoms with Crippen LogP contribution in [0.3, 0.4) is 0 Å². The second kappa shape index (κ2) is 13.6. The maximum Gasteiger partial charge on any atom is 0.307 e. The second-order valence-corrected chi connectivity index (χ2v) is 12.9. The molecule has 0 saturated carbocycles. The Labute approximate surface area is 253 Å². The Kier molecular flexibility index (Phi) is 9.87. The molecule has 1 N–H and O–H groups in total. The first-order valence-corrected chi connectivity index (χ1v) is 16.1. The van der Waals surface area contributed by atoms with Gasteiger partial charge >= 0.3 is 5.97 Å². The largest absolute Gasteiger partial charge is 0.466 e. The average molecular weight is 618 g/mol. The number of amides is 1. The number of likely N-dealkylation sites (tertiary alicyclic amines) is 1. The summed E-state index contributed by atoms with van der Waals surface area (Å²) in [6.07, 6.45) is 5.95. The highest BCUT2D eigenvalue weighted by Crippen LogP contribution is 2.37. The van der Waals surface area contributed by atoms with Crippen LogP contribution in [0, 0.1) is 0 Å². The monoisotopic (exact) mass is 617 g/mol. The number of hydrogen-bond donors (Lipinski definition) is 1. The summed E-state index contributed by atoms with van der Waals surface area (Å²) in [5.74, 6) is 0.225. The van der Waals surface area contributed by atoms with Crippen molar-refractivity contribution in [1.29, 1.82) is 0 Å². The highest BCUT2D eigenvalue weighted by Gasteiger charge is 2.27. The molecule has 0 bridgehead atoms. The molecule has 2 saturated heterocycles. The van der Waals surface area contributed by atoms with Crippen LogP contribution in [0.5, 0.6) is 0 Å². The molecule has 0 aliphatic carbocycles. The van der Waals surface area contributed by atoms with Gasteiger partial charge in [-0.15, -0.1) is 11.3 Å². The highest BCUT2D eigenvalue weighted by atomic mass is 35.5. The summed E-state index contributed by atoms with van der Waals surface area (Å²) in [6, 6.07) is 2.70. The third-order valence-corrected chi connectivity index (χ3v) is 9.86. The van der Waals surface area contributed by atoms with Gasteiger partial charge in [-0.1, -0.05) is 22.9 Å². The van der Waals surface area contributed by atoms with Gasteiger partial charge in [0.2, 0.25) is 0 Å². The molecule has 3 aromatic rings. The normalized spacial score (nSPS) is 20.0. The van der Waals surface area contributed by atoms with Crippen molar-refractivity contribution < 1.29 is 14.3 Å². The van der Waals surface area contributed by atoms with E-state index in [2.05, 4.69) is 43.8 Å². The molecule has 0 unspecified atom stereocenters. The van der Waals surface area contributed by atoms with Gasteiger partial charge in [0.25, 0.3) is 5.91 Å². The molecule has 5 rings (SSSR count). The number of nitrogens with zero attached hydrogens (tertiary/aromatic N) is 6. The predicted octanol–water partition coefficient (Wildman–Crippen LogP) is 5.02. The van der Waals surface area contributed by atoms with Crippen molar-refractivity contribution in [2.45, 2.75) is 58.7 Å². The van der Waals surface area contributed by atoms with Crippen molar-refractivity contribution in [2.24, 2.45) is 0 Å². The minimum Gasteiger partial charge on any atom is -0.466 e. The quantitative estimate of drug-likeness (QED) is 0.314. The lowest BCUT2D eigenvalue weighted by atomic mass is 10.2. The Hall–Kier alpha value is -2.64. The highest BCUT2D eigenvalue weighted by molar-refractivity contribution is 7.17. The van der Waals surface area contributed by atoms with Gasteiger partial charge in [0, 0.05) is 55.1 Å². The molecule has 13 heteroatoms. The Bertz CT molecular complexity index is 1350. The number of ether oxygens (including phenoxy) is 1. The average Bonchev–Trinajstić information content (AvgIpc) is 3.68. The molecule has 3 aromatic heterocycles. The fourth-order valence-corrected chi connectivity index (χ4v) is 7.47. The van der Waals surface area contributed by atoms with E-state index in [-0.39, 0.29) is 23.6 Å². The lowest BCUT2D eigenvalue weighted by molar-refractivity contribution is -0.143. The first kappa shape index (κ1) is 29.8. The van der Waals surface area contributed by atoms with Crippen molar-refractivity contribution in [3.8, 4) is 10.6 Å². The number of hydrogen-bond acceptors (Lipinski definition) is 11. The molecule has 0 radical (unpaired) electrons. The van der Waals surface area contributed by atoms with Gasteiger partial charge in [-0.25, -0.2) is 15.0 Å². The molecule has 41 heavy (non-hydrogen) atoms. The van der Waals surface area contributed by atoms with Crippen LogP contribution in [-0.4, -0.2) is 88.0 Å². The number of thiophene rings is 1. The zero-order valence-electron chi connectivity index (χ0n) is 23.6. The molecule has 220 valence electrons. The minimum absolute atomic E-state index is 0.163. The Morgan fingerprint density at radius 1 is 1.15 bits per heavy atom. The van der Waals surface area contributed by atoms with Crippen LogP contribution in [-0.2, 0) is 16.1 Å². The summed E-state index contributed by atoms with van der Waals surface area (Å²) in [4.78, 5) is 47.6. The first-order valence-electron chi connectivity index (χ1n) is 14.1. The molecule has 0 spiro atoms. The van der Waals surface area contributed by atoms with E-state index in [1.54, 1.807) is 17.5 Å². The standard InChI is InChI=1S/C28H36ClN7O3S2/c1-4-39-25(37)7-9-34-10-11-36(15-19(34)3)24-14-30-21(13-31-24)27(38)33-28-32-26(22-12-20(29)17-40-22)23(41-28)16-35-8-5-6-18(35)2/h12-14,17-19H,4-11,15-16H2,1-3H3,(H,32,33,38)/t18-,19+/m1/s1. The van der Waals surface area contributed by atoms with Crippen LogP contribution in [0.1, 0.15) is 55.4 Å². The Morgan fingerprint density at radius 3 is 2.66 bits per heavy atom. The fourth-order valence-electron chi connectivity index (χ4n) is 5.32.